The van der Waals surface area contributed by atoms with E-state index in [1.54, 1.807) is 13.8 Å². The van der Waals surface area contributed by atoms with E-state index in [2.05, 4.69) is 0 Å². The fourth-order valence-corrected chi connectivity index (χ4v) is 3.49. The second-order valence-electron chi connectivity index (χ2n) is 6.33. The highest BCUT2D eigenvalue weighted by Crippen LogP contribution is 2.56. The van der Waals surface area contributed by atoms with Crippen molar-refractivity contribution in [2.75, 3.05) is 13.7 Å². The van der Waals surface area contributed by atoms with Gasteiger partial charge in [0, 0.05) is 12.1 Å². The molecule has 0 radical (unpaired) electrons. The zero-order chi connectivity index (χ0) is 20.1. The Balaban J connectivity index is 2.38. The molecule has 27 heavy (non-hydrogen) atoms. The minimum absolute atomic E-state index is 0.0185. The number of carbonyl (C=O) groups is 3. The molecule has 0 bridgehead atoms. The summed E-state index contributed by atoms with van der Waals surface area (Å²) in [6.07, 6.45) is 1.20. The molecule has 0 saturated carbocycles. The largest absolute Gasteiger partial charge is 0.507 e. The number of hydrogen-bond acceptors (Lipinski definition) is 7. The van der Waals surface area contributed by atoms with Gasteiger partial charge in [-0.2, -0.15) is 0 Å². The predicted octanol–water partition coefficient (Wildman–Crippen LogP) is 1.71. The van der Waals surface area contributed by atoms with Gasteiger partial charge in [0.1, 0.15) is 39.6 Å². The molecular weight excluding hydrogens is 354 g/mol. The van der Waals surface area contributed by atoms with Crippen LogP contribution in [0.5, 0.6) is 17.2 Å². The van der Waals surface area contributed by atoms with Gasteiger partial charge in [0.15, 0.2) is 17.3 Å². The highest BCUT2D eigenvalue weighted by atomic mass is 16.5. The molecule has 0 saturated heterocycles. The van der Waals surface area contributed by atoms with Crippen molar-refractivity contribution in [3.63, 3.8) is 0 Å². The number of amides is 1. The van der Waals surface area contributed by atoms with E-state index in [0.29, 0.717) is 0 Å². The molecule has 8 heteroatoms. The van der Waals surface area contributed by atoms with Crippen LogP contribution in [0.15, 0.2) is 29.2 Å². The van der Waals surface area contributed by atoms with Crippen LogP contribution in [0.4, 0.5) is 0 Å². The van der Waals surface area contributed by atoms with E-state index in [1.165, 1.54) is 26.2 Å². The van der Waals surface area contributed by atoms with E-state index in [0.717, 1.165) is 0 Å². The minimum Gasteiger partial charge on any atom is -0.507 e. The average Bonchev–Trinajstić information content (AvgIpc) is 2.88. The van der Waals surface area contributed by atoms with Gasteiger partial charge >= 0.3 is 0 Å². The molecular formula is C19H19NO7. The quantitative estimate of drug-likeness (QED) is 0.753. The smallest absolute Gasteiger partial charge is 0.256 e. The van der Waals surface area contributed by atoms with E-state index < -0.39 is 28.6 Å². The van der Waals surface area contributed by atoms with Gasteiger partial charge < -0.3 is 25.1 Å². The number of rotatable bonds is 5. The Morgan fingerprint density at radius 3 is 2.52 bits per heavy atom. The second-order valence-corrected chi connectivity index (χ2v) is 6.33. The van der Waals surface area contributed by atoms with Crippen LogP contribution in [0.3, 0.4) is 0 Å². The Bertz CT molecular complexity index is 957. The third-order valence-corrected chi connectivity index (χ3v) is 4.74. The van der Waals surface area contributed by atoms with Gasteiger partial charge in [0.2, 0.25) is 0 Å². The number of aliphatic hydroxyl groups excluding tert-OH is 1. The number of hydrogen-bond donors (Lipinski definition) is 2. The maximum Gasteiger partial charge on any atom is 0.256 e. The lowest BCUT2D eigenvalue weighted by Gasteiger charge is -2.28. The summed E-state index contributed by atoms with van der Waals surface area (Å²) in [7, 11) is 1.36. The van der Waals surface area contributed by atoms with Crippen LogP contribution < -0.4 is 19.9 Å². The number of allylic oxidation sites excluding steroid dienone is 3. The first kappa shape index (κ1) is 18.5. The molecule has 1 aliphatic carbocycles. The van der Waals surface area contributed by atoms with E-state index >= 15 is 0 Å². The summed E-state index contributed by atoms with van der Waals surface area (Å²) in [5.74, 6) is -2.05. The standard InChI is InChI=1S/C19H19NO7/c1-5-26-11-7-10(25-4)14(18(20)24)16-15(11)19(3)12(27-16)6-9(22)13(8(2)21)17(19)23/h6-7,22H,5H2,1-4H3,(H2,20,24)/t19-/m1/s1. The van der Waals surface area contributed by atoms with E-state index in [9.17, 15) is 19.5 Å². The number of benzene rings is 1. The summed E-state index contributed by atoms with van der Waals surface area (Å²) < 4.78 is 16.7. The number of carbonyl (C=O) groups excluding carboxylic acids is 3. The van der Waals surface area contributed by atoms with Gasteiger partial charge in [-0.25, -0.2) is 0 Å². The first-order chi connectivity index (χ1) is 12.7. The summed E-state index contributed by atoms with van der Waals surface area (Å²) in [5, 5.41) is 10.1. The first-order valence-electron chi connectivity index (χ1n) is 8.25. The molecule has 0 unspecified atom stereocenters. The lowest BCUT2D eigenvalue weighted by Crippen LogP contribution is -2.39. The van der Waals surface area contributed by atoms with Crippen LogP contribution in [0.2, 0.25) is 0 Å². The van der Waals surface area contributed by atoms with Gasteiger partial charge in [-0.3, -0.25) is 14.4 Å². The number of primary amides is 1. The van der Waals surface area contributed by atoms with Crippen LogP contribution >= 0.6 is 0 Å². The molecule has 8 nitrogen and oxygen atoms in total. The number of ketones is 2. The number of aliphatic hydroxyl groups is 1. The molecule has 3 rings (SSSR count). The molecule has 1 aromatic carbocycles. The predicted molar refractivity (Wildman–Crippen MR) is 94.1 cm³/mol. The maximum absolute atomic E-state index is 13.2. The SMILES string of the molecule is CCOc1cc(OC)c(C(N)=O)c2c1[C@]1(C)C(=O)C(C(C)=O)=C(O)C=C1O2. The zero-order valence-electron chi connectivity index (χ0n) is 15.3. The van der Waals surface area contributed by atoms with Crippen molar-refractivity contribution in [2.24, 2.45) is 5.73 Å². The monoisotopic (exact) mass is 373 g/mol. The van der Waals surface area contributed by atoms with Crippen molar-refractivity contribution < 1.29 is 33.7 Å². The molecule has 1 atom stereocenters. The summed E-state index contributed by atoms with van der Waals surface area (Å²) in [4.78, 5) is 37.1. The van der Waals surface area contributed by atoms with Gasteiger partial charge in [0.05, 0.1) is 19.3 Å². The third kappa shape index (κ3) is 2.40. The molecule has 142 valence electrons. The van der Waals surface area contributed by atoms with Crippen molar-refractivity contribution in [1.29, 1.82) is 0 Å². The fourth-order valence-electron chi connectivity index (χ4n) is 3.49. The van der Waals surface area contributed by atoms with Crippen molar-refractivity contribution in [3.8, 4) is 17.2 Å². The van der Waals surface area contributed by atoms with E-state index in [-0.39, 0.29) is 46.3 Å². The van der Waals surface area contributed by atoms with Gasteiger partial charge in [-0.1, -0.05) is 0 Å². The first-order valence-corrected chi connectivity index (χ1v) is 8.25. The van der Waals surface area contributed by atoms with Crippen molar-refractivity contribution in [2.45, 2.75) is 26.2 Å². The Morgan fingerprint density at radius 2 is 2.00 bits per heavy atom. The van der Waals surface area contributed by atoms with Crippen LogP contribution in [0.1, 0.15) is 36.7 Å². The molecule has 2 aliphatic rings. The Morgan fingerprint density at radius 1 is 1.33 bits per heavy atom. The minimum atomic E-state index is -1.45. The number of nitrogens with two attached hydrogens (primary N) is 1. The number of methoxy groups -OCH3 is 1. The molecule has 1 heterocycles. The van der Waals surface area contributed by atoms with Crippen molar-refractivity contribution >= 4 is 17.5 Å². The van der Waals surface area contributed by atoms with Gasteiger partial charge in [-0.05, 0) is 20.8 Å². The Kier molecular flexibility index (Phi) is 4.22. The van der Waals surface area contributed by atoms with Crippen LogP contribution in [-0.2, 0) is 15.0 Å². The molecule has 1 aromatic rings. The molecule has 0 fully saturated rings. The Hall–Kier alpha value is -3.29. The van der Waals surface area contributed by atoms with E-state index in [1.807, 2.05) is 0 Å². The van der Waals surface area contributed by atoms with Crippen LogP contribution in [0.25, 0.3) is 0 Å². The summed E-state index contributed by atoms with van der Waals surface area (Å²) in [5.41, 5.74) is 3.92. The van der Waals surface area contributed by atoms with Crippen molar-refractivity contribution in [3.05, 3.63) is 40.4 Å². The zero-order valence-corrected chi connectivity index (χ0v) is 15.3. The summed E-state index contributed by atoms with van der Waals surface area (Å²) in [6, 6.07) is 1.46. The number of fused-ring (bicyclic) bond motifs is 3. The van der Waals surface area contributed by atoms with Gasteiger partial charge in [-0.15, -0.1) is 0 Å². The molecule has 3 N–H and O–H groups in total. The normalized spacial score (nSPS) is 20.4. The fraction of sp³-hybridized carbons (Fsp3) is 0.316. The molecule has 1 aliphatic heterocycles. The highest BCUT2D eigenvalue weighted by molar-refractivity contribution is 6.25. The lowest BCUT2D eigenvalue weighted by atomic mass is 9.71. The molecule has 1 amide bonds. The lowest BCUT2D eigenvalue weighted by molar-refractivity contribution is -0.123. The number of Topliss-reactive ketones (excluding diaryl/α,β-unsaturated/α-hetero) is 2. The average molecular weight is 373 g/mol. The second kappa shape index (κ2) is 6.15. The summed E-state index contributed by atoms with van der Waals surface area (Å²) in [6.45, 7) is 4.76. The van der Waals surface area contributed by atoms with Gasteiger partial charge in [0.25, 0.3) is 5.91 Å². The molecule has 0 aromatic heterocycles. The summed E-state index contributed by atoms with van der Waals surface area (Å²) >= 11 is 0. The van der Waals surface area contributed by atoms with Crippen molar-refractivity contribution in [1.82, 2.24) is 0 Å². The third-order valence-electron chi connectivity index (χ3n) is 4.74. The van der Waals surface area contributed by atoms with Crippen LogP contribution in [-0.4, -0.2) is 36.3 Å². The number of ether oxygens (including phenoxy) is 3. The van der Waals surface area contributed by atoms with E-state index in [4.69, 9.17) is 19.9 Å². The molecule has 0 spiro atoms. The van der Waals surface area contributed by atoms with Crippen LogP contribution in [0, 0.1) is 0 Å². The topological polar surface area (TPSA) is 125 Å². The Labute approximate surface area is 155 Å². The maximum atomic E-state index is 13.2. The highest BCUT2D eigenvalue weighted by Gasteiger charge is 2.55.